The van der Waals surface area contributed by atoms with Crippen LogP contribution in [0.2, 0.25) is 0 Å². The molecule has 1 aromatic heterocycles. The Balaban J connectivity index is 1.43. The Morgan fingerprint density at radius 1 is 0.700 bits per heavy atom. The molecule has 2 N–H and O–H groups in total. The first-order valence-electron chi connectivity index (χ1n) is 9.96. The van der Waals surface area contributed by atoms with Crippen molar-refractivity contribution in [3.8, 4) is 0 Å². The minimum atomic E-state index is -0.0433. The van der Waals surface area contributed by atoms with Crippen molar-refractivity contribution in [2.45, 2.75) is 12.3 Å². The summed E-state index contributed by atoms with van der Waals surface area (Å²) in [5.74, 6) is 0.684. The van der Waals surface area contributed by atoms with Gasteiger partial charge in [-0.05, 0) is 35.4 Å². The molecule has 0 fully saturated rings. The van der Waals surface area contributed by atoms with E-state index in [2.05, 4.69) is 39.9 Å². The molecule has 1 heterocycles. The van der Waals surface area contributed by atoms with Gasteiger partial charge in [-0.1, -0.05) is 78.9 Å². The van der Waals surface area contributed by atoms with Crippen LogP contribution >= 0.6 is 0 Å². The number of anilines is 3. The molecule has 0 saturated carbocycles. The molecule has 4 heteroatoms. The average Bonchev–Trinajstić information content (AvgIpc) is 2.81. The smallest absolute Gasteiger partial charge is 0.225 e. The Hall–Kier alpha value is -3.92. The molecular formula is C26H23N3O. The Morgan fingerprint density at radius 3 is 1.80 bits per heavy atom. The highest BCUT2D eigenvalue weighted by Gasteiger charge is 2.18. The van der Waals surface area contributed by atoms with E-state index >= 15 is 0 Å². The van der Waals surface area contributed by atoms with Gasteiger partial charge >= 0.3 is 0 Å². The van der Waals surface area contributed by atoms with Crippen LogP contribution in [0, 0.1) is 0 Å². The topological polar surface area (TPSA) is 54.0 Å². The number of amides is 1. The van der Waals surface area contributed by atoms with Crippen LogP contribution in [0.3, 0.4) is 0 Å². The fraction of sp³-hybridized carbons (Fsp3) is 0.0769. The molecule has 0 aliphatic heterocycles. The van der Waals surface area contributed by atoms with Crippen molar-refractivity contribution < 1.29 is 4.79 Å². The third-order valence-corrected chi connectivity index (χ3v) is 4.89. The number of pyridine rings is 1. The van der Waals surface area contributed by atoms with Crippen LogP contribution < -0.4 is 10.6 Å². The van der Waals surface area contributed by atoms with E-state index in [1.54, 1.807) is 6.20 Å². The normalized spacial score (nSPS) is 10.6. The molecule has 4 aromatic rings. The summed E-state index contributed by atoms with van der Waals surface area (Å²) in [6.45, 7) is 0. The van der Waals surface area contributed by atoms with Crippen LogP contribution in [0.25, 0.3) is 0 Å². The van der Waals surface area contributed by atoms with Gasteiger partial charge in [-0.25, -0.2) is 4.98 Å². The van der Waals surface area contributed by atoms with E-state index in [1.165, 1.54) is 0 Å². The van der Waals surface area contributed by atoms with E-state index in [0.717, 1.165) is 22.6 Å². The van der Waals surface area contributed by atoms with Crippen molar-refractivity contribution in [1.82, 2.24) is 4.98 Å². The van der Waals surface area contributed by atoms with Gasteiger partial charge in [-0.3, -0.25) is 4.79 Å². The number of hydrogen-bond donors (Lipinski definition) is 2. The molecular weight excluding hydrogens is 370 g/mol. The summed E-state index contributed by atoms with van der Waals surface area (Å²) in [7, 11) is 0. The van der Waals surface area contributed by atoms with Gasteiger partial charge in [0, 0.05) is 18.0 Å². The zero-order valence-electron chi connectivity index (χ0n) is 16.5. The first-order valence-corrected chi connectivity index (χ1v) is 9.96. The maximum absolute atomic E-state index is 12.8. The summed E-state index contributed by atoms with van der Waals surface area (Å²) >= 11 is 0. The predicted octanol–water partition coefficient (Wildman–Crippen LogP) is 5.99. The van der Waals surface area contributed by atoms with Crippen LogP contribution in [0.5, 0.6) is 0 Å². The number of para-hydroxylation sites is 1. The molecule has 0 atom stereocenters. The van der Waals surface area contributed by atoms with Gasteiger partial charge in [-0.2, -0.15) is 0 Å². The first-order chi connectivity index (χ1) is 14.8. The number of benzene rings is 3. The number of nitrogens with one attached hydrogen (secondary N) is 2. The molecule has 148 valence electrons. The quantitative estimate of drug-likeness (QED) is 0.406. The van der Waals surface area contributed by atoms with Gasteiger partial charge in [0.15, 0.2) is 0 Å². The second kappa shape index (κ2) is 9.52. The predicted molar refractivity (Wildman–Crippen MR) is 122 cm³/mol. The zero-order chi connectivity index (χ0) is 20.6. The lowest BCUT2D eigenvalue weighted by atomic mass is 9.88. The average molecular weight is 393 g/mol. The Labute approximate surface area is 176 Å². The number of aromatic nitrogens is 1. The molecule has 0 spiro atoms. The Kier molecular flexibility index (Phi) is 6.16. The molecule has 0 unspecified atom stereocenters. The molecule has 0 bridgehead atoms. The number of nitrogens with zero attached hydrogens (tertiary/aromatic N) is 1. The van der Waals surface area contributed by atoms with E-state index < -0.39 is 0 Å². The van der Waals surface area contributed by atoms with Gasteiger partial charge in [0.1, 0.15) is 5.82 Å². The Bertz CT molecular complexity index is 1030. The Morgan fingerprint density at radius 2 is 1.27 bits per heavy atom. The van der Waals surface area contributed by atoms with Gasteiger partial charge in [0.05, 0.1) is 11.9 Å². The highest BCUT2D eigenvalue weighted by atomic mass is 16.1. The van der Waals surface area contributed by atoms with Crippen molar-refractivity contribution in [2.75, 3.05) is 10.6 Å². The van der Waals surface area contributed by atoms with Gasteiger partial charge in [0.2, 0.25) is 5.91 Å². The van der Waals surface area contributed by atoms with Crippen molar-refractivity contribution >= 4 is 23.1 Å². The number of carbonyl (C=O) groups excluding carboxylic acids is 1. The fourth-order valence-electron chi connectivity index (χ4n) is 3.41. The van der Waals surface area contributed by atoms with Gasteiger partial charge < -0.3 is 10.6 Å². The van der Waals surface area contributed by atoms with E-state index in [1.807, 2.05) is 78.9 Å². The minimum Gasteiger partial charge on any atom is -0.340 e. The molecule has 3 aromatic carbocycles. The summed E-state index contributed by atoms with van der Waals surface area (Å²) < 4.78 is 0. The maximum atomic E-state index is 12.8. The zero-order valence-corrected chi connectivity index (χ0v) is 16.5. The van der Waals surface area contributed by atoms with Crippen molar-refractivity contribution in [1.29, 1.82) is 0 Å². The lowest BCUT2D eigenvalue weighted by Crippen LogP contribution is -2.16. The summed E-state index contributed by atoms with van der Waals surface area (Å²) in [5.41, 5.74) is 3.90. The summed E-state index contributed by atoms with van der Waals surface area (Å²) in [6, 6.07) is 33.8. The molecule has 30 heavy (non-hydrogen) atoms. The summed E-state index contributed by atoms with van der Waals surface area (Å²) in [5, 5.41) is 6.21. The fourth-order valence-corrected chi connectivity index (χ4v) is 3.41. The summed E-state index contributed by atoms with van der Waals surface area (Å²) in [4.78, 5) is 17.2. The molecule has 1 amide bonds. The molecule has 0 aliphatic rings. The van der Waals surface area contributed by atoms with Crippen molar-refractivity contribution in [2.24, 2.45) is 0 Å². The second-order valence-corrected chi connectivity index (χ2v) is 7.05. The van der Waals surface area contributed by atoms with Crippen LogP contribution in [-0.2, 0) is 4.79 Å². The van der Waals surface area contributed by atoms with E-state index in [9.17, 15) is 4.79 Å². The standard InChI is InChI=1S/C26H23N3O/c30-26(18-24(20-10-4-1-5-11-20)21-12-6-2-7-13-21)29-23-16-17-25(27-19-23)28-22-14-8-3-9-15-22/h1-17,19,24H,18H2,(H,27,28)(H,29,30). The number of rotatable bonds is 7. The lowest BCUT2D eigenvalue weighted by Gasteiger charge is -2.18. The van der Waals surface area contributed by atoms with E-state index in [-0.39, 0.29) is 11.8 Å². The van der Waals surface area contributed by atoms with Crippen LogP contribution in [0.15, 0.2) is 109 Å². The molecule has 0 aliphatic carbocycles. The summed E-state index contributed by atoms with van der Waals surface area (Å²) in [6.07, 6.45) is 2.03. The van der Waals surface area contributed by atoms with Crippen LogP contribution in [-0.4, -0.2) is 10.9 Å². The van der Waals surface area contributed by atoms with Crippen molar-refractivity contribution in [3.05, 3.63) is 120 Å². The van der Waals surface area contributed by atoms with Gasteiger partial charge in [0.25, 0.3) is 0 Å². The number of carbonyl (C=O) groups is 1. The van der Waals surface area contributed by atoms with Crippen LogP contribution in [0.1, 0.15) is 23.5 Å². The molecule has 4 nitrogen and oxygen atoms in total. The highest BCUT2D eigenvalue weighted by Crippen LogP contribution is 2.28. The third kappa shape index (κ3) is 5.11. The second-order valence-electron chi connectivity index (χ2n) is 7.05. The van der Waals surface area contributed by atoms with Gasteiger partial charge in [-0.15, -0.1) is 0 Å². The van der Waals surface area contributed by atoms with Crippen LogP contribution in [0.4, 0.5) is 17.2 Å². The van der Waals surface area contributed by atoms with E-state index in [4.69, 9.17) is 0 Å². The molecule has 0 radical (unpaired) electrons. The third-order valence-electron chi connectivity index (χ3n) is 4.89. The largest absolute Gasteiger partial charge is 0.340 e. The van der Waals surface area contributed by atoms with Crippen molar-refractivity contribution in [3.63, 3.8) is 0 Å². The minimum absolute atomic E-state index is 0.000574. The SMILES string of the molecule is O=C(CC(c1ccccc1)c1ccccc1)Nc1ccc(Nc2ccccc2)nc1. The molecule has 0 saturated heterocycles. The first kappa shape index (κ1) is 19.4. The van der Waals surface area contributed by atoms with E-state index in [0.29, 0.717) is 12.1 Å². The highest BCUT2D eigenvalue weighted by molar-refractivity contribution is 5.91. The maximum Gasteiger partial charge on any atom is 0.225 e. The monoisotopic (exact) mass is 393 g/mol. The lowest BCUT2D eigenvalue weighted by molar-refractivity contribution is -0.116. The molecule has 4 rings (SSSR count). The number of hydrogen-bond acceptors (Lipinski definition) is 3.